The summed E-state index contributed by atoms with van der Waals surface area (Å²) in [6.45, 7) is 7.37. The van der Waals surface area contributed by atoms with Gasteiger partial charge in [-0.15, -0.1) is 0 Å². The molecule has 3 fully saturated rings. The molecule has 2 aliphatic heterocycles. The number of nitrogens with zero attached hydrogens (tertiary/aromatic N) is 1. The Morgan fingerprint density at radius 1 is 1.27 bits per heavy atom. The molecule has 168 valence electrons. The highest BCUT2D eigenvalue weighted by Gasteiger charge is 2.54. The van der Waals surface area contributed by atoms with Gasteiger partial charge in [-0.25, -0.2) is 0 Å². The van der Waals surface area contributed by atoms with Crippen LogP contribution in [-0.4, -0.2) is 57.1 Å². The molecule has 7 heteroatoms. The fourth-order valence-electron chi connectivity index (χ4n) is 4.96. The minimum absolute atomic E-state index is 0.505. The fourth-order valence-corrected chi connectivity index (χ4v) is 4.96. The van der Waals surface area contributed by atoms with E-state index in [9.17, 15) is 0 Å². The minimum atomic E-state index is 0.505. The topological polar surface area (TPSA) is 112 Å². The van der Waals surface area contributed by atoms with E-state index in [1.165, 1.54) is 64.4 Å². The van der Waals surface area contributed by atoms with Crippen LogP contribution in [-0.2, 0) is 4.74 Å². The van der Waals surface area contributed by atoms with Crippen LogP contribution in [0.3, 0.4) is 0 Å². The molecule has 3 aliphatic rings. The maximum absolute atomic E-state index is 7.38. The molecule has 2 atom stereocenters. The van der Waals surface area contributed by atoms with Crippen molar-refractivity contribution >= 4 is 6.21 Å². The van der Waals surface area contributed by atoms with Crippen molar-refractivity contribution in [3.05, 3.63) is 34.9 Å². The predicted molar refractivity (Wildman–Crippen MR) is 123 cm³/mol. The van der Waals surface area contributed by atoms with Crippen molar-refractivity contribution in [3.63, 3.8) is 0 Å². The molecule has 1 spiro atoms. The monoisotopic (exact) mass is 416 g/mol. The number of hydrogen-bond donors (Lipinski definition) is 5. The van der Waals surface area contributed by atoms with Gasteiger partial charge in [0.05, 0.1) is 23.3 Å². The number of nitrogens with two attached hydrogens (primary N) is 2. The molecule has 0 aromatic heterocycles. The van der Waals surface area contributed by atoms with Crippen LogP contribution < -0.4 is 22.1 Å². The summed E-state index contributed by atoms with van der Waals surface area (Å²) in [5.41, 5.74) is 14.9. The number of likely N-dealkylation sites (tertiary alicyclic amines) is 1. The van der Waals surface area contributed by atoms with Crippen molar-refractivity contribution in [2.45, 2.75) is 51.6 Å². The second-order valence-corrected chi connectivity index (χ2v) is 9.11. The highest BCUT2D eigenvalue weighted by Crippen LogP contribution is 2.59. The van der Waals surface area contributed by atoms with Crippen molar-refractivity contribution in [2.24, 2.45) is 22.8 Å². The molecule has 2 saturated heterocycles. The number of ether oxygens (including phenoxy) is 1. The summed E-state index contributed by atoms with van der Waals surface area (Å²) in [4.78, 5) is 2.63. The summed E-state index contributed by atoms with van der Waals surface area (Å²) in [7, 11) is 1.80. The van der Waals surface area contributed by atoms with Crippen LogP contribution in [0.25, 0.3) is 0 Å². The quantitative estimate of drug-likeness (QED) is 0.275. The van der Waals surface area contributed by atoms with Crippen LogP contribution in [0.4, 0.5) is 0 Å². The van der Waals surface area contributed by atoms with Crippen molar-refractivity contribution in [3.8, 4) is 0 Å². The van der Waals surface area contributed by atoms with Crippen molar-refractivity contribution in [1.29, 1.82) is 5.41 Å². The highest BCUT2D eigenvalue weighted by atomic mass is 16.5. The molecule has 0 aromatic carbocycles. The average molecular weight is 417 g/mol. The first-order chi connectivity index (χ1) is 14.5. The van der Waals surface area contributed by atoms with E-state index < -0.39 is 0 Å². The van der Waals surface area contributed by atoms with E-state index in [1.807, 2.05) is 13.0 Å². The van der Waals surface area contributed by atoms with Gasteiger partial charge in [0, 0.05) is 33.0 Å². The molecule has 0 bridgehead atoms. The predicted octanol–water partition coefficient (Wildman–Crippen LogP) is 2.03. The van der Waals surface area contributed by atoms with Crippen LogP contribution >= 0.6 is 0 Å². The SMILES string of the molecule is CNC(/C(N)=C/C=C(\N)NCC1CC12CCN(CCC1CCCO1)CC2)=C(/C)C=N. The number of piperidine rings is 1. The number of nitrogens with one attached hydrogen (secondary N) is 3. The van der Waals surface area contributed by atoms with E-state index in [0.717, 1.165) is 30.3 Å². The molecular formula is C23H40N6O. The van der Waals surface area contributed by atoms with Crippen molar-refractivity contribution in [2.75, 3.05) is 39.8 Å². The number of hydrogen-bond acceptors (Lipinski definition) is 7. The normalized spacial score (nSPS) is 27.7. The highest BCUT2D eigenvalue weighted by molar-refractivity contribution is 5.77. The number of allylic oxidation sites excluding steroid dienone is 3. The zero-order valence-electron chi connectivity index (χ0n) is 18.7. The Bertz CT molecular complexity index is 684. The van der Waals surface area contributed by atoms with E-state index in [1.54, 1.807) is 13.1 Å². The van der Waals surface area contributed by atoms with Gasteiger partial charge in [0.25, 0.3) is 0 Å². The lowest BCUT2D eigenvalue weighted by atomic mass is 9.90. The molecule has 3 rings (SSSR count). The third kappa shape index (κ3) is 5.79. The third-order valence-electron chi connectivity index (χ3n) is 7.15. The Morgan fingerprint density at radius 3 is 2.67 bits per heavy atom. The van der Waals surface area contributed by atoms with Gasteiger partial charge >= 0.3 is 0 Å². The second kappa shape index (κ2) is 10.4. The summed E-state index contributed by atoms with van der Waals surface area (Å²) in [5.74, 6) is 1.36. The fraction of sp³-hybridized carbons (Fsp3) is 0.696. The van der Waals surface area contributed by atoms with Gasteiger partial charge in [0.2, 0.25) is 0 Å². The molecular weight excluding hydrogens is 376 g/mol. The van der Waals surface area contributed by atoms with Crippen LogP contribution in [0.2, 0.25) is 0 Å². The molecule has 30 heavy (non-hydrogen) atoms. The Labute approximate surface area is 181 Å². The van der Waals surface area contributed by atoms with Crippen LogP contribution in [0, 0.1) is 16.7 Å². The Morgan fingerprint density at radius 2 is 2.03 bits per heavy atom. The number of rotatable bonds is 10. The zero-order valence-corrected chi connectivity index (χ0v) is 18.7. The van der Waals surface area contributed by atoms with E-state index in [4.69, 9.17) is 21.6 Å². The van der Waals surface area contributed by atoms with E-state index >= 15 is 0 Å². The molecule has 7 N–H and O–H groups in total. The Balaban J connectivity index is 1.38. The van der Waals surface area contributed by atoms with Gasteiger partial charge in [-0.3, -0.25) is 0 Å². The van der Waals surface area contributed by atoms with Gasteiger partial charge in [0.1, 0.15) is 0 Å². The van der Waals surface area contributed by atoms with Crippen LogP contribution in [0.5, 0.6) is 0 Å². The lowest BCUT2D eigenvalue weighted by molar-refractivity contribution is 0.0823. The van der Waals surface area contributed by atoms with Gasteiger partial charge in [-0.05, 0) is 87.6 Å². The zero-order chi connectivity index (χ0) is 21.6. The summed E-state index contributed by atoms with van der Waals surface area (Å²) < 4.78 is 5.76. The molecule has 1 saturated carbocycles. The first-order valence-corrected chi connectivity index (χ1v) is 11.4. The molecule has 2 heterocycles. The summed E-state index contributed by atoms with van der Waals surface area (Å²) in [6.07, 6.45) is 13.0. The van der Waals surface area contributed by atoms with E-state index in [-0.39, 0.29) is 0 Å². The maximum atomic E-state index is 7.38. The van der Waals surface area contributed by atoms with Gasteiger partial charge in [-0.1, -0.05) is 0 Å². The van der Waals surface area contributed by atoms with Gasteiger partial charge in [-0.2, -0.15) is 0 Å². The second-order valence-electron chi connectivity index (χ2n) is 9.11. The first-order valence-electron chi connectivity index (χ1n) is 11.4. The van der Waals surface area contributed by atoms with Gasteiger partial charge < -0.3 is 37.1 Å². The standard InChI is InChI=1S/C23H40N6O/c1-17(15-24)22(27-2)20(25)5-6-21(26)28-16-18-14-23(18)8-11-29(12-9-23)10-7-19-4-3-13-30-19/h5-6,15,18-19,24,27-28H,3-4,7-14,16,25-26H2,1-2H3/b20-5-,21-6+,22-17-,24-15?. The maximum Gasteiger partial charge on any atom is 0.0960 e. The van der Waals surface area contributed by atoms with E-state index in [0.29, 0.717) is 23.0 Å². The molecule has 0 amide bonds. The minimum Gasteiger partial charge on any atom is -0.397 e. The lowest BCUT2D eigenvalue weighted by Crippen LogP contribution is -2.37. The molecule has 0 radical (unpaired) electrons. The third-order valence-corrected chi connectivity index (χ3v) is 7.15. The molecule has 1 aliphatic carbocycles. The smallest absolute Gasteiger partial charge is 0.0960 e. The van der Waals surface area contributed by atoms with Crippen molar-refractivity contribution < 1.29 is 4.74 Å². The summed E-state index contributed by atoms with van der Waals surface area (Å²) in [6, 6.07) is 0. The largest absolute Gasteiger partial charge is 0.397 e. The number of likely N-dealkylation sites (N-methyl/N-ethyl adjacent to an activating group) is 1. The Kier molecular flexibility index (Phi) is 7.83. The lowest BCUT2D eigenvalue weighted by Gasteiger charge is -2.33. The van der Waals surface area contributed by atoms with Crippen LogP contribution in [0.15, 0.2) is 34.9 Å². The van der Waals surface area contributed by atoms with E-state index in [2.05, 4.69) is 15.5 Å². The summed E-state index contributed by atoms with van der Waals surface area (Å²) >= 11 is 0. The average Bonchev–Trinajstić information content (AvgIpc) is 3.15. The molecule has 0 aromatic rings. The van der Waals surface area contributed by atoms with Gasteiger partial charge in [0.15, 0.2) is 0 Å². The molecule has 7 nitrogen and oxygen atoms in total. The van der Waals surface area contributed by atoms with Crippen molar-refractivity contribution in [1.82, 2.24) is 15.5 Å². The Hall–Kier alpha value is -1.99. The molecule has 2 unspecified atom stereocenters. The summed E-state index contributed by atoms with van der Waals surface area (Å²) in [5, 5.41) is 13.8. The van der Waals surface area contributed by atoms with Crippen LogP contribution in [0.1, 0.15) is 45.4 Å². The first kappa shape index (κ1) is 22.7.